The lowest BCUT2D eigenvalue weighted by Crippen LogP contribution is -2.38. The summed E-state index contributed by atoms with van der Waals surface area (Å²) in [6.07, 6.45) is 1.35. The molecule has 0 saturated heterocycles. The first-order chi connectivity index (χ1) is 17.3. The third-order valence-electron chi connectivity index (χ3n) is 5.63. The largest absolute Gasteiger partial charge is 0.497 e. The lowest BCUT2D eigenvalue weighted by molar-refractivity contribution is -0.143. The second-order valence-corrected chi connectivity index (χ2v) is 9.36. The average molecular weight is 512 g/mol. The second kappa shape index (κ2) is 10.9. The van der Waals surface area contributed by atoms with E-state index in [0.717, 1.165) is 5.56 Å². The van der Waals surface area contributed by atoms with Crippen LogP contribution in [0.25, 0.3) is 0 Å². The molecule has 190 valence electrons. The molecule has 1 aromatic heterocycles. The van der Waals surface area contributed by atoms with Gasteiger partial charge in [-0.3, -0.25) is 4.79 Å². The topological polar surface area (TPSA) is 103 Å². The van der Waals surface area contributed by atoms with E-state index in [1.54, 1.807) is 59.5 Å². The summed E-state index contributed by atoms with van der Waals surface area (Å²) in [5, 5.41) is 5.44. The van der Waals surface area contributed by atoms with Gasteiger partial charge in [0.15, 0.2) is 5.17 Å². The van der Waals surface area contributed by atoms with Gasteiger partial charge in [-0.25, -0.2) is 9.79 Å². The lowest BCUT2D eigenvalue weighted by Gasteiger charge is -2.36. The number of esters is 1. The van der Waals surface area contributed by atoms with Crippen molar-refractivity contribution in [2.45, 2.75) is 45.9 Å². The van der Waals surface area contributed by atoms with Crippen LogP contribution in [0.2, 0.25) is 0 Å². The number of furan rings is 1. The Labute approximate surface area is 214 Å². The van der Waals surface area contributed by atoms with Crippen LogP contribution >= 0.6 is 11.8 Å². The van der Waals surface area contributed by atoms with Gasteiger partial charge in [-0.15, -0.1) is 0 Å². The molecule has 2 aromatic rings. The maximum atomic E-state index is 13.3. The van der Waals surface area contributed by atoms with E-state index in [0.29, 0.717) is 39.4 Å². The molecule has 0 radical (unpaired) electrons. The molecule has 3 heterocycles. The Kier molecular flexibility index (Phi) is 7.73. The van der Waals surface area contributed by atoms with Crippen molar-refractivity contribution in [2.24, 2.45) is 4.99 Å². The number of methoxy groups -OCH3 is 2. The number of nitrogens with zero attached hydrogens (tertiary/aromatic N) is 2. The van der Waals surface area contributed by atoms with Crippen LogP contribution in [0.5, 0.6) is 11.5 Å². The first-order valence-electron chi connectivity index (χ1n) is 11.5. The van der Waals surface area contributed by atoms with Crippen LogP contribution < -0.4 is 14.8 Å². The number of rotatable bonds is 9. The molecule has 1 atom stereocenters. The van der Waals surface area contributed by atoms with Crippen LogP contribution in [0.4, 0.5) is 0 Å². The first kappa shape index (κ1) is 25.4. The molecule has 10 heteroatoms. The van der Waals surface area contributed by atoms with Crippen molar-refractivity contribution in [3.05, 3.63) is 70.3 Å². The highest BCUT2D eigenvalue weighted by molar-refractivity contribution is 8.16. The highest BCUT2D eigenvalue weighted by Crippen LogP contribution is 2.46. The minimum atomic E-state index is -0.591. The van der Waals surface area contributed by atoms with Crippen molar-refractivity contribution < 1.29 is 28.2 Å². The van der Waals surface area contributed by atoms with Crippen molar-refractivity contribution in [3.63, 3.8) is 0 Å². The SMILES string of the molecule is COc1cc(OC)cc(C2C(C(=O)OC(C)C)=C(C)N=C3SC=C(CC(=O)NCc4ccco4)N32)c1. The number of allylic oxidation sites excluding steroid dienone is 1. The third kappa shape index (κ3) is 5.43. The van der Waals surface area contributed by atoms with E-state index in [-0.39, 0.29) is 25.0 Å². The molecule has 1 amide bonds. The monoisotopic (exact) mass is 511 g/mol. The fourth-order valence-corrected chi connectivity index (χ4v) is 5.00. The fraction of sp³-hybridized carbons (Fsp3) is 0.346. The number of carbonyl (C=O) groups excluding carboxylic acids is 2. The molecule has 1 N–H and O–H groups in total. The predicted octanol–water partition coefficient (Wildman–Crippen LogP) is 4.53. The number of nitrogens with one attached hydrogen (secondary N) is 1. The number of thioether (sulfide) groups is 1. The number of carbonyl (C=O) groups is 2. The summed E-state index contributed by atoms with van der Waals surface area (Å²) >= 11 is 1.41. The lowest BCUT2D eigenvalue weighted by atomic mass is 9.93. The molecule has 0 fully saturated rings. The summed E-state index contributed by atoms with van der Waals surface area (Å²) in [5.74, 6) is 1.18. The van der Waals surface area contributed by atoms with Gasteiger partial charge in [0.25, 0.3) is 0 Å². The average Bonchev–Trinajstić information content (AvgIpc) is 3.51. The molecule has 0 saturated carbocycles. The van der Waals surface area contributed by atoms with E-state index < -0.39 is 12.0 Å². The van der Waals surface area contributed by atoms with Gasteiger partial charge in [0.2, 0.25) is 5.91 Å². The third-order valence-corrected chi connectivity index (χ3v) is 6.52. The van der Waals surface area contributed by atoms with Crippen molar-refractivity contribution in [2.75, 3.05) is 14.2 Å². The molecular weight excluding hydrogens is 482 g/mol. The van der Waals surface area contributed by atoms with Crippen LogP contribution in [0.3, 0.4) is 0 Å². The zero-order valence-electron chi connectivity index (χ0n) is 20.9. The van der Waals surface area contributed by atoms with Crippen LogP contribution in [0.1, 0.15) is 44.6 Å². The van der Waals surface area contributed by atoms with Crippen molar-refractivity contribution >= 4 is 28.8 Å². The number of aliphatic imine (C=N–C) groups is 1. The molecule has 9 nitrogen and oxygen atoms in total. The summed E-state index contributed by atoms with van der Waals surface area (Å²) in [4.78, 5) is 32.7. The number of ether oxygens (including phenoxy) is 3. The summed E-state index contributed by atoms with van der Waals surface area (Å²) in [7, 11) is 3.14. The number of amides is 1. The second-order valence-electron chi connectivity index (χ2n) is 8.53. The Hall–Kier alpha value is -3.66. The maximum absolute atomic E-state index is 13.3. The van der Waals surface area contributed by atoms with Crippen LogP contribution in [0, 0.1) is 0 Å². The molecule has 1 aromatic carbocycles. The Morgan fingerprint density at radius 1 is 1.19 bits per heavy atom. The van der Waals surface area contributed by atoms with Crippen molar-refractivity contribution in [3.8, 4) is 11.5 Å². The van der Waals surface area contributed by atoms with Crippen LogP contribution in [-0.2, 0) is 20.9 Å². The molecule has 0 bridgehead atoms. The Bertz CT molecular complexity index is 1210. The number of hydrogen-bond acceptors (Lipinski definition) is 9. The van der Waals surface area contributed by atoms with E-state index in [2.05, 4.69) is 10.3 Å². The van der Waals surface area contributed by atoms with Gasteiger partial charge < -0.3 is 28.8 Å². The minimum Gasteiger partial charge on any atom is -0.497 e. The zero-order valence-corrected chi connectivity index (χ0v) is 21.7. The van der Waals surface area contributed by atoms with E-state index in [4.69, 9.17) is 18.6 Å². The molecule has 1 unspecified atom stereocenters. The quantitative estimate of drug-likeness (QED) is 0.490. The van der Waals surface area contributed by atoms with Gasteiger partial charge in [-0.2, -0.15) is 0 Å². The molecule has 36 heavy (non-hydrogen) atoms. The molecule has 0 spiro atoms. The summed E-state index contributed by atoms with van der Waals surface area (Å²) in [6.45, 7) is 5.68. The Balaban J connectivity index is 1.70. The van der Waals surface area contributed by atoms with Gasteiger partial charge in [-0.1, -0.05) is 11.8 Å². The van der Waals surface area contributed by atoms with Crippen LogP contribution in [0.15, 0.2) is 68.4 Å². The summed E-state index contributed by atoms with van der Waals surface area (Å²) < 4.78 is 21.9. The van der Waals surface area contributed by atoms with Gasteiger partial charge in [0.05, 0.1) is 56.9 Å². The smallest absolute Gasteiger partial charge is 0.338 e. The van der Waals surface area contributed by atoms with Crippen molar-refractivity contribution in [1.82, 2.24) is 10.2 Å². The fourth-order valence-electron chi connectivity index (χ4n) is 4.04. The van der Waals surface area contributed by atoms with E-state index in [1.807, 2.05) is 22.4 Å². The number of fused-ring (bicyclic) bond motifs is 1. The number of amidine groups is 1. The van der Waals surface area contributed by atoms with Gasteiger partial charge >= 0.3 is 5.97 Å². The van der Waals surface area contributed by atoms with E-state index in [1.165, 1.54) is 11.8 Å². The maximum Gasteiger partial charge on any atom is 0.338 e. The van der Waals surface area contributed by atoms with Gasteiger partial charge in [0, 0.05) is 11.8 Å². The Morgan fingerprint density at radius 3 is 2.53 bits per heavy atom. The minimum absolute atomic E-state index is 0.0931. The standard InChI is InChI=1S/C26H29N3O6S/c1-15(2)35-25(31)23-16(3)28-26-29(24(23)17-9-20(32-4)12-21(10-17)33-5)18(14-36-26)11-22(30)27-13-19-7-6-8-34-19/h6-10,12,14-15,24H,11,13H2,1-5H3,(H,27,30). The molecule has 4 rings (SSSR count). The van der Waals surface area contributed by atoms with E-state index in [9.17, 15) is 9.59 Å². The predicted molar refractivity (Wildman–Crippen MR) is 136 cm³/mol. The highest BCUT2D eigenvalue weighted by atomic mass is 32.2. The Morgan fingerprint density at radius 2 is 1.92 bits per heavy atom. The van der Waals surface area contributed by atoms with E-state index >= 15 is 0 Å². The summed E-state index contributed by atoms with van der Waals surface area (Å²) in [6, 6.07) is 8.45. The highest BCUT2D eigenvalue weighted by Gasteiger charge is 2.41. The molecule has 2 aliphatic rings. The number of hydrogen-bond donors (Lipinski definition) is 1. The first-order valence-corrected chi connectivity index (χ1v) is 12.4. The summed E-state index contributed by atoms with van der Waals surface area (Å²) in [5.41, 5.74) is 2.41. The zero-order chi connectivity index (χ0) is 25.8. The van der Waals surface area contributed by atoms with Crippen LogP contribution in [-0.4, -0.2) is 42.3 Å². The number of benzene rings is 1. The van der Waals surface area contributed by atoms with Crippen molar-refractivity contribution in [1.29, 1.82) is 0 Å². The molecule has 0 aliphatic carbocycles. The van der Waals surface area contributed by atoms with Gasteiger partial charge in [0.1, 0.15) is 17.3 Å². The normalized spacial score (nSPS) is 16.9. The molecule has 2 aliphatic heterocycles. The van der Waals surface area contributed by atoms with Gasteiger partial charge in [-0.05, 0) is 56.0 Å². The molecular formula is C26H29N3O6S.